The highest BCUT2D eigenvalue weighted by Crippen LogP contribution is 2.33. The fraction of sp³-hybridized carbons (Fsp3) is 0.217. The molecule has 4 rings (SSSR count). The van der Waals surface area contributed by atoms with Crippen molar-refractivity contribution in [3.8, 4) is 0 Å². The lowest BCUT2D eigenvalue weighted by Gasteiger charge is -2.24. The van der Waals surface area contributed by atoms with Crippen molar-refractivity contribution < 1.29 is 23.5 Å². The van der Waals surface area contributed by atoms with E-state index in [9.17, 15) is 14.4 Å². The van der Waals surface area contributed by atoms with Gasteiger partial charge in [0.25, 0.3) is 0 Å². The van der Waals surface area contributed by atoms with E-state index in [1.54, 1.807) is 36.4 Å². The van der Waals surface area contributed by atoms with Gasteiger partial charge in [-0.3, -0.25) is 9.59 Å². The number of carbonyl (C=O) groups is 2. The van der Waals surface area contributed by atoms with Crippen LogP contribution < -0.4 is 10.4 Å². The summed E-state index contributed by atoms with van der Waals surface area (Å²) in [6, 6.07) is 10.6. The third kappa shape index (κ3) is 3.62. The van der Waals surface area contributed by atoms with Crippen molar-refractivity contribution in [2.75, 3.05) is 19.2 Å². The lowest BCUT2D eigenvalue weighted by atomic mass is 9.91. The third-order valence-electron chi connectivity index (χ3n) is 5.28. The van der Waals surface area contributed by atoms with E-state index in [1.807, 2.05) is 13.0 Å². The summed E-state index contributed by atoms with van der Waals surface area (Å²) < 4.78 is 15.5. The fourth-order valence-corrected chi connectivity index (χ4v) is 3.84. The summed E-state index contributed by atoms with van der Waals surface area (Å²) in [6.45, 7) is 1.85. The number of halogens is 1. The van der Waals surface area contributed by atoms with Crippen LogP contribution in [0.15, 0.2) is 63.0 Å². The maximum Gasteiger partial charge on any atom is 0.332 e. The number of hydrazone groups is 1. The number of esters is 2. The Labute approximate surface area is 188 Å². The van der Waals surface area contributed by atoms with Crippen molar-refractivity contribution in [3.63, 3.8) is 0 Å². The quantitative estimate of drug-likeness (QED) is 0.557. The Kier molecular flexibility index (Phi) is 5.71. The van der Waals surface area contributed by atoms with E-state index in [-0.39, 0.29) is 16.7 Å². The molecule has 0 bridgehead atoms. The van der Waals surface area contributed by atoms with E-state index in [0.29, 0.717) is 21.7 Å². The summed E-state index contributed by atoms with van der Waals surface area (Å²) >= 11 is 5.99. The van der Waals surface area contributed by atoms with Crippen LogP contribution >= 0.6 is 11.6 Å². The second-order valence-electron chi connectivity index (χ2n) is 7.25. The number of methoxy groups -OCH3 is 2. The number of aryl methyl sites for hydroxylation is 1. The highest BCUT2D eigenvalue weighted by atomic mass is 35.5. The van der Waals surface area contributed by atoms with E-state index < -0.39 is 23.9 Å². The minimum absolute atomic E-state index is 0.0550. The molecule has 2 heterocycles. The first-order valence-corrected chi connectivity index (χ1v) is 10.0. The normalized spacial score (nSPS) is 17.9. The summed E-state index contributed by atoms with van der Waals surface area (Å²) in [5.41, 5.74) is 1.49. The molecule has 1 aliphatic heterocycles. The number of nitrogens with zero attached hydrogens (tertiary/aromatic N) is 2. The monoisotopic (exact) mass is 454 g/mol. The Morgan fingerprint density at radius 3 is 2.41 bits per heavy atom. The zero-order valence-corrected chi connectivity index (χ0v) is 18.3. The number of ether oxygens (including phenoxy) is 2. The van der Waals surface area contributed by atoms with Crippen molar-refractivity contribution in [2.24, 2.45) is 11.0 Å². The largest absolute Gasteiger partial charge is 0.468 e. The Morgan fingerprint density at radius 2 is 1.75 bits per heavy atom. The molecular weight excluding hydrogens is 436 g/mol. The first-order valence-electron chi connectivity index (χ1n) is 9.67. The van der Waals surface area contributed by atoms with Crippen LogP contribution in [0, 0.1) is 12.8 Å². The van der Waals surface area contributed by atoms with Gasteiger partial charge >= 0.3 is 11.9 Å². The summed E-state index contributed by atoms with van der Waals surface area (Å²) in [5, 5.41) is 6.66. The summed E-state index contributed by atoms with van der Waals surface area (Å²) in [7, 11) is 2.41. The number of hydrogen-bond acceptors (Lipinski definition) is 8. The highest BCUT2D eigenvalue weighted by molar-refractivity contribution is 6.30. The fourth-order valence-electron chi connectivity index (χ4n) is 3.71. The van der Waals surface area contributed by atoms with Crippen LogP contribution in [0.3, 0.4) is 0 Å². The Hall–Kier alpha value is -3.65. The van der Waals surface area contributed by atoms with Gasteiger partial charge in [-0.05, 0) is 43.3 Å². The molecule has 1 aromatic heterocycles. The highest BCUT2D eigenvalue weighted by Gasteiger charge is 2.49. The molecule has 2 aromatic carbocycles. The molecule has 0 unspecified atom stereocenters. The van der Waals surface area contributed by atoms with E-state index in [2.05, 4.69) is 5.10 Å². The van der Waals surface area contributed by atoms with E-state index in [1.165, 1.54) is 25.5 Å². The molecule has 9 heteroatoms. The zero-order valence-electron chi connectivity index (χ0n) is 17.5. The molecule has 0 saturated carbocycles. The van der Waals surface area contributed by atoms with Gasteiger partial charge in [0, 0.05) is 5.02 Å². The topological polar surface area (TPSA) is 98.4 Å². The molecule has 0 radical (unpaired) electrons. The molecule has 0 N–H and O–H groups in total. The lowest BCUT2D eigenvalue weighted by molar-refractivity contribution is -0.150. The van der Waals surface area contributed by atoms with Crippen LogP contribution in [-0.4, -0.2) is 37.9 Å². The van der Waals surface area contributed by atoms with Crippen LogP contribution in [0.25, 0.3) is 11.0 Å². The number of fused-ring (bicyclic) bond motifs is 1. The number of benzene rings is 2. The van der Waals surface area contributed by atoms with Gasteiger partial charge in [0.1, 0.15) is 17.8 Å². The van der Waals surface area contributed by atoms with Gasteiger partial charge in [-0.2, -0.15) is 5.10 Å². The minimum Gasteiger partial charge on any atom is -0.468 e. The second kappa shape index (κ2) is 8.47. The Bertz CT molecular complexity index is 1300. The van der Waals surface area contributed by atoms with Crippen LogP contribution in [0.2, 0.25) is 5.02 Å². The van der Waals surface area contributed by atoms with Gasteiger partial charge in [-0.25, -0.2) is 9.80 Å². The molecule has 1 aliphatic rings. The molecule has 8 nitrogen and oxygen atoms in total. The van der Waals surface area contributed by atoms with E-state index >= 15 is 0 Å². The van der Waals surface area contributed by atoms with E-state index in [0.717, 1.165) is 5.56 Å². The Balaban J connectivity index is 1.94. The van der Waals surface area contributed by atoms with Crippen molar-refractivity contribution in [1.29, 1.82) is 0 Å². The maximum atomic E-state index is 13.3. The SMILES string of the molecule is COC(=O)[C@H]1C(c2coc3ccc(C)cc3c2=O)=NN(c2ccc(Cl)cc2)[C@@H]1C(=O)OC. The van der Waals surface area contributed by atoms with Crippen LogP contribution in [0.5, 0.6) is 0 Å². The van der Waals surface area contributed by atoms with Crippen molar-refractivity contribution >= 4 is 45.9 Å². The molecule has 0 aliphatic carbocycles. The standard InChI is InChI=1S/C23H19ClN2O6/c1-12-4-9-17-15(10-12)21(27)16(11-32-17)19-18(22(28)30-2)20(23(29)31-3)26(25-19)14-7-5-13(24)6-8-14/h4-11,18,20H,1-3H3/t18-,20-/m0/s1. The average Bonchev–Trinajstić information content (AvgIpc) is 3.19. The number of hydrogen-bond donors (Lipinski definition) is 0. The predicted octanol–water partition coefficient (Wildman–Crippen LogP) is 3.31. The van der Waals surface area contributed by atoms with Gasteiger partial charge < -0.3 is 13.9 Å². The number of rotatable bonds is 4. The predicted molar refractivity (Wildman–Crippen MR) is 119 cm³/mol. The number of carbonyl (C=O) groups excluding carboxylic acids is 2. The molecule has 0 amide bonds. The van der Waals surface area contributed by atoms with Gasteiger partial charge in [0.05, 0.1) is 36.6 Å². The zero-order chi connectivity index (χ0) is 23.0. The molecule has 164 valence electrons. The molecule has 0 spiro atoms. The maximum absolute atomic E-state index is 13.3. The first-order chi connectivity index (χ1) is 15.3. The van der Waals surface area contributed by atoms with Crippen LogP contribution in [0.4, 0.5) is 5.69 Å². The van der Waals surface area contributed by atoms with Gasteiger partial charge in [0.2, 0.25) is 5.43 Å². The molecule has 0 saturated heterocycles. The average molecular weight is 455 g/mol. The molecule has 0 fully saturated rings. The molecule has 32 heavy (non-hydrogen) atoms. The number of anilines is 1. The smallest absolute Gasteiger partial charge is 0.332 e. The van der Waals surface area contributed by atoms with Crippen LogP contribution in [0.1, 0.15) is 11.1 Å². The second-order valence-corrected chi connectivity index (χ2v) is 7.69. The van der Waals surface area contributed by atoms with Crippen molar-refractivity contribution in [2.45, 2.75) is 13.0 Å². The van der Waals surface area contributed by atoms with Crippen molar-refractivity contribution in [1.82, 2.24) is 0 Å². The van der Waals surface area contributed by atoms with Gasteiger partial charge in [-0.15, -0.1) is 0 Å². The Morgan fingerprint density at radius 1 is 1.06 bits per heavy atom. The molecule has 2 atom stereocenters. The van der Waals surface area contributed by atoms with Gasteiger partial charge in [-0.1, -0.05) is 23.2 Å². The third-order valence-corrected chi connectivity index (χ3v) is 5.53. The summed E-state index contributed by atoms with van der Waals surface area (Å²) in [5.74, 6) is -2.66. The van der Waals surface area contributed by atoms with Crippen LogP contribution in [-0.2, 0) is 19.1 Å². The van der Waals surface area contributed by atoms with Gasteiger partial charge in [0.15, 0.2) is 6.04 Å². The van der Waals surface area contributed by atoms with Crippen molar-refractivity contribution in [3.05, 3.63) is 75.1 Å². The van der Waals surface area contributed by atoms with E-state index in [4.69, 9.17) is 25.5 Å². The minimum atomic E-state index is -1.21. The summed E-state index contributed by atoms with van der Waals surface area (Å²) in [6.07, 6.45) is 1.24. The molecule has 3 aromatic rings. The summed E-state index contributed by atoms with van der Waals surface area (Å²) in [4.78, 5) is 38.9. The molecular formula is C23H19ClN2O6. The first kappa shape index (κ1) is 21.6. The lowest BCUT2D eigenvalue weighted by Crippen LogP contribution is -2.45.